The van der Waals surface area contributed by atoms with E-state index in [1.807, 2.05) is 14.0 Å². The lowest BCUT2D eigenvalue weighted by Gasteiger charge is -2.50. The average molecular weight is 507 g/mol. The van der Waals surface area contributed by atoms with Crippen LogP contribution in [0.15, 0.2) is 30.3 Å². The van der Waals surface area contributed by atoms with E-state index >= 15 is 0 Å². The molecule has 2 aliphatic rings. The molecule has 1 aromatic heterocycles. The zero-order valence-corrected chi connectivity index (χ0v) is 21.0. The van der Waals surface area contributed by atoms with Gasteiger partial charge >= 0.3 is 6.18 Å². The molecule has 6 nitrogen and oxygen atoms in total. The van der Waals surface area contributed by atoms with Crippen LogP contribution in [0.4, 0.5) is 13.2 Å². The second kappa shape index (κ2) is 10.3. The number of halogens is 3. The Morgan fingerprint density at radius 2 is 1.81 bits per heavy atom. The number of aromatic nitrogens is 1. The maximum Gasteiger partial charge on any atom is 0.456 e. The van der Waals surface area contributed by atoms with E-state index in [0.717, 1.165) is 37.8 Å². The average Bonchev–Trinajstić information content (AvgIpc) is 3.30. The maximum absolute atomic E-state index is 13.1. The van der Waals surface area contributed by atoms with Gasteiger partial charge in [0.15, 0.2) is 17.3 Å². The third-order valence-corrected chi connectivity index (χ3v) is 7.69. The van der Waals surface area contributed by atoms with E-state index in [1.165, 1.54) is 6.07 Å². The molecule has 4 rings (SSSR count). The smallest absolute Gasteiger partial charge is 0.456 e. The van der Waals surface area contributed by atoms with Crippen molar-refractivity contribution < 1.29 is 32.2 Å². The molecule has 1 aromatic carbocycles. The molecule has 196 valence electrons. The number of hydrogen-bond acceptors (Lipinski definition) is 5. The van der Waals surface area contributed by atoms with E-state index in [1.54, 1.807) is 35.9 Å². The van der Waals surface area contributed by atoms with Crippen molar-refractivity contribution in [2.75, 3.05) is 27.3 Å². The van der Waals surface area contributed by atoms with Crippen molar-refractivity contribution in [2.24, 2.45) is 5.92 Å². The quantitative estimate of drug-likeness (QED) is 0.434. The fourth-order valence-corrected chi connectivity index (χ4v) is 5.67. The number of methoxy groups -OCH3 is 1. The molecule has 0 amide bonds. The number of fused-ring (bicyclic) bond motifs is 2. The molecule has 0 unspecified atom stereocenters. The number of hydrogen-bond donors (Lipinski definition) is 0. The Morgan fingerprint density at radius 1 is 1.08 bits per heavy atom. The Labute approximate surface area is 209 Å². The molecule has 36 heavy (non-hydrogen) atoms. The third kappa shape index (κ3) is 4.90. The highest BCUT2D eigenvalue weighted by molar-refractivity contribution is 5.99. The number of benzene rings is 1. The highest BCUT2D eigenvalue weighted by Gasteiger charge is 2.47. The van der Waals surface area contributed by atoms with Crippen LogP contribution in [0, 0.1) is 5.92 Å². The summed E-state index contributed by atoms with van der Waals surface area (Å²) in [6.45, 7) is 3.45. The highest BCUT2D eigenvalue weighted by Crippen LogP contribution is 2.47. The molecule has 0 bridgehead atoms. The normalized spacial score (nSPS) is 22.3. The van der Waals surface area contributed by atoms with Crippen LogP contribution in [-0.4, -0.2) is 54.5 Å². The second-order valence-corrected chi connectivity index (χ2v) is 9.82. The number of carbonyl (C=O) groups is 2. The molecule has 0 atom stereocenters. The Bertz CT molecular complexity index is 1120. The van der Waals surface area contributed by atoms with Gasteiger partial charge in [0, 0.05) is 30.8 Å². The molecule has 1 aliphatic heterocycles. The molecule has 1 saturated carbocycles. The molecule has 2 aromatic rings. The van der Waals surface area contributed by atoms with Gasteiger partial charge in [-0.15, -0.1) is 0 Å². The minimum absolute atomic E-state index is 0.0402. The molecule has 0 saturated heterocycles. The molecule has 1 aliphatic carbocycles. The van der Waals surface area contributed by atoms with Gasteiger partial charge in [0.25, 0.3) is 5.78 Å². The van der Waals surface area contributed by atoms with Gasteiger partial charge in [0.05, 0.1) is 24.9 Å². The predicted octanol–water partition coefficient (Wildman–Crippen LogP) is 5.63. The van der Waals surface area contributed by atoms with Crippen LogP contribution in [-0.2, 0) is 12.1 Å². The lowest BCUT2D eigenvalue weighted by molar-refractivity contribution is -0.0892. The van der Waals surface area contributed by atoms with Crippen molar-refractivity contribution in [1.29, 1.82) is 0 Å². The van der Waals surface area contributed by atoms with Gasteiger partial charge in [-0.1, -0.05) is 6.92 Å². The number of nitrogens with zero attached hydrogens (tertiary/aromatic N) is 2. The minimum atomic E-state index is -4.90. The van der Waals surface area contributed by atoms with Crippen molar-refractivity contribution in [1.82, 2.24) is 9.47 Å². The number of Topliss-reactive ketones (excluding diaryl/α,β-unsaturated/α-hetero) is 2. The van der Waals surface area contributed by atoms with Crippen LogP contribution in [0.3, 0.4) is 0 Å². The Hall–Kier alpha value is -2.81. The van der Waals surface area contributed by atoms with Gasteiger partial charge in [-0.05, 0) is 75.4 Å². The number of carbonyl (C=O) groups excluding carboxylic acids is 2. The van der Waals surface area contributed by atoms with Crippen LogP contribution >= 0.6 is 0 Å². The maximum atomic E-state index is 13.1. The molecular formula is C27H33F3N2O4. The summed E-state index contributed by atoms with van der Waals surface area (Å²) in [7, 11) is 3.55. The molecule has 2 heterocycles. The monoisotopic (exact) mass is 506 g/mol. The number of ether oxygens (including phenoxy) is 2. The Morgan fingerprint density at radius 3 is 2.44 bits per heavy atom. The largest absolute Gasteiger partial charge is 0.493 e. The summed E-state index contributed by atoms with van der Waals surface area (Å²) >= 11 is 0. The molecule has 0 N–H and O–H groups in total. The number of ketones is 2. The first-order valence-electron chi connectivity index (χ1n) is 12.5. The summed E-state index contributed by atoms with van der Waals surface area (Å²) in [6, 6.07) is 8.23. The minimum Gasteiger partial charge on any atom is -0.493 e. The number of alkyl halides is 3. The zero-order valence-electron chi connectivity index (χ0n) is 21.0. The molecule has 0 radical (unpaired) electrons. The summed E-state index contributed by atoms with van der Waals surface area (Å²) in [4.78, 5) is 27.3. The van der Waals surface area contributed by atoms with Gasteiger partial charge in [0.2, 0.25) is 0 Å². The molecule has 9 heteroatoms. The van der Waals surface area contributed by atoms with E-state index in [0.29, 0.717) is 43.2 Å². The van der Waals surface area contributed by atoms with Crippen molar-refractivity contribution in [3.05, 3.63) is 47.3 Å². The summed E-state index contributed by atoms with van der Waals surface area (Å²) in [5.74, 6) is -0.430. The van der Waals surface area contributed by atoms with Crippen molar-refractivity contribution in [3.63, 3.8) is 0 Å². The van der Waals surface area contributed by atoms with Crippen LogP contribution in [0.25, 0.3) is 0 Å². The van der Waals surface area contributed by atoms with Crippen molar-refractivity contribution in [3.8, 4) is 11.5 Å². The third-order valence-electron chi connectivity index (χ3n) is 7.69. The fraction of sp³-hybridized carbons (Fsp3) is 0.556. The summed E-state index contributed by atoms with van der Waals surface area (Å²) in [5, 5.41) is 0. The first-order chi connectivity index (χ1) is 17.1. The predicted molar refractivity (Wildman–Crippen MR) is 129 cm³/mol. The molecular weight excluding hydrogens is 473 g/mol. The number of rotatable bonds is 8. The zero-order chi connectivity index (χ0) is 26.1. The second-order valence-electron chi connectivity index (χ2n) is 9.82. The van der Waals surface area contributed by atoms with Gasteiger partial charge in [-0.25, -0.2) is 0 Å². The van der Waals surface area contributed by atoms with Crippen molar-refractivity contribution >= 4 is 11.6 Å². The van der Waals surface area contributed by atoms with E-state index in [4.69, 9.17) is 9.47 Å². The standard InChI is InChI=1S/C27H33F3N2O4/c1-4-15-36-23-17-19(5-7-22(23)35-3)21(33)16-18-9-11-26(12-10-18)24-8-6-20(25(34)27(28,29)30)32(24)14-13-31(26)2/h5-8,17-18H,4,9-16H2,1-3H3. The van der Waals surface area contributed by atoms with Crippen LogP contribution in [0.1, 0.15) is 72.0 Å². The first kappa shape index (κ1) is 26.3. The Kier molecular flexibility index (Phi) is 7.50. The van der Waals surface area contributed by atoms with E-state index in [2.05, 4.69) is 4.90 Å². The topological polar surface area (TPSA) is 60.8 Å². The van der Waals surface area contributed by atoms with Crippen LogP contribution in [0.5, 0.6) is 11.5 Å². The first-order valence-corrected chi connectivity index (χ1v) is 12.5. The van der Waals surface area contributed by atoms with E-state index < -0.39 is 17.5 Å². The van der Waals surface area contributed by atoms with E-state index in [-0.39, 0.29) is 17.4 Å². The summed E-state index contributed by atoms with van der Waals surface area (Å²) in [5.41, 5.74) is 0.633. The lowest BCUT2D eigenvalue weighted by Crippen LogP contribution is -2.52. The number of likely N-dealkylation sites (N-methyl/N-ethyl adjacent to an activating group) is 1. The Balaban J connectivity index is 1.47. The lowest BCUT2D eigenvalue weighted by atomic mass is 9.71. The van der Waals surface area contributed by atoms with Crippen LogP contribution < -0.4 is 9.47 Å². The van der Waals surface area contributed by atoms with Crippen LogP contribution in [0.2, 0.25) is 0 Å². The van der Waals surface area contributed by atoms with Gasteiger partial charge in [0.1, 0.15) is 0 Å². The van der Waals surface area contributed by atoms with Crippen molar-refractivity contribution in [2.45, 2.75) is 63.7 Å². The summed E-state index contributed by atoms with van der Waals surface area (Å²) in [6.07, 6.45) is -0.658. The molecule has 1 spiro atoms. The highest BCUT2D eigenvalue weighted by atomic mass is 19.4. The fourth-order valence-electron chi connectivity index (χ4n) is 5.67. The summed E-state index contributed by atoms with van der Waals surface area (Å²) < 4.78 is 52.0. The van der Waals surface area contributed by atoms with Gasteiger partial charge in [-0.3, -0.25) is 14.5 Å². The van der Waals surface area contributed by atoms with Gasteiger partial charge < -0.3 is 14.0 Å². The SMILES string of the molecule is CCCOc1cc(C(=O)CC2CCC3(CC2)c2ccc(C(=O)C(F)(F)F)n2CCN3C)ccc1OC. The van der Waals surface area contributed by atoms with E-state index in [9.17, 15) is 22.8 Å². The van der Waals surface area contributed by atoms with Gasteiger partial charge in [-0.2, -0.15) is 13.2 Å². The molecule has 1 fully saturated rings.